The molecule has 2 atom stereocenters. The normalized spacial score (nSPS) is 22.0. The summed E-state index contributed by atoms with van der Waals surface area (Å²) in [5.41, 5.74) is 2.12. The fourth-order valence-corrected chi connectivity index (χ4v) is 3.66. The molecule has 0 bridgehead atoms. The van der Waals surface area contributed by atoms with Crippen LogP contribution in [0.15, 0.2) is 28.4 Å². The van der Waals surface area contributed by atoms with E-state index in [1.807, 2.05) is 13.0 Å². The summed E-state index contributed by atoms with van der Waals surface area (Å²) in [6.07, 6.45) is 6.62. The Balaban J connectivity index is 1.71. The van der Waals surface area contributed by atoms with Gasteiger partial charge >= 0.3 is 0 Å². The van der Waals surface area contributed by atoms with Gasteiger partial charge in [0, 0.05) is 23.5 Å². The van der Waals surface area contributed by atoms with Crippen LogP contribution in [0.2, 0.25) is 0 Å². The van der Waals surface area contributed by atoms with E-state index in [4.69, 9.17) is 4.42 Å². The van der Waals surface area contributed by atoms with Gasteiger partial charge in [-0.05, 0) is 32.4 Å². The number of hydrogen-bond acceptors (Lipinski definition) is 5. The van der Waals surface area contributed by atoms with Gasteiger partial charge < -0.3 is 9.52 Å². The molecule has 0 amide bonds. The van der Waals surface area contributed by atoms with Crippen molar-refractivity contribution < 1.29 is 9.52 Å². The molecule has 0 aliphatic carbocycles. The number of aliphatic hydroxyl groups excluding tert-OH is 1. The van der Waals surface area contributed by atoms with Crippen molar-refractivity contribution in [1.82, 2.24) is 9.88 Å². The molecule has 2 aromatic heterocycles. The number of likely N-dealkylation sites (tertiary alicyclic amines) is 1. The van der Waals surface area contributed by atoms with Gasteiger partial charge in [0.25, 0.3) is 0 Å². The SMILES string of the molecule is CC(O)C1CCCCN1Cc1csc(-c2ccoc2)n1. The molecule has 3 rings (SSSR count). The fraction of sp³-hybridized carbons (Fsp3) is 0.533. The molecule has 5 heteroatoms. The summed E-state index contributed by atoms with van der Waals surface area (Å²) in [6.45, 7) is 3.76. The van der Waals surface area contributed by atoms with Crippen LogP contribution in [0.4, 0.5) is 0 Å². The van der Waals surface area contributed by atoms with Gasteiger partial charge in [-0.2, -0.15) is 0 Å². The molecule has 1 N–H and O–H groups in total. The molecular weight excluding hydrogens is 272 g/mol. The Bertz CT molecular complexity index is 536. The Hall–Kier alpha value is -1.17. The van der Waals surface area contributed by atoms with E-state index in [-0.39, 0.29) is 12.1 Å². The third kappa shape index (κ3) is 2.95. The maximum absolute atomic E-state index is 9.91. The number of rotatable bonds is 4. The number of aliphatic hydroxyl groups is 1. The van der Waals surface area contributed by atoms with Crippen LogP contribution >= 0.6 is 11.3 Å². The molecule has 0 saturated carbocycles. The van der Waals surface area contributed by atoms with Gasteiger partial charge in [-0.25, -0.2) is 4.98 Å². The number of piperidine rings is 1. The minimum absolute atomic E-state index is 0.267. The van der Waals surface area contributed by atoms with Crippen LogP contribution in [0.3, 0.4) is 0 Å². The number of thiazole rings is 1. The molecule has 0 aromatic carbocycles. The maximum atomic E-state index is 9.91. The Labute approximate surface area is 123 Å². The zero-order valence-corrected chi connectivity index (χ0v) is 12.5. The lowest BCUT2D eigenvalue weighted by Gasteiger charge is -2.36. The minimum Gasteiger partial charge on any atom is -0.472 e. The summed E-state index contributed by atoms with van der Waals surface area (Å²) in [6, 6.07) is 2.20. The third-order valence-electron chi connectivity index (χ3n) is 3.91. The maximum Gasteiger partial charge on any atom is 0.126 e. The standard InChI is InChI=1S/C15H20N2O2S/c1-11(18)14-4-2-3-6-17(14)8-13-10-20-15(16-13)12-5-7-19-9-12/h5,7,9-11,14,18H,2-4,6,8H2,1H3. The molecule has 1 aliphatic rings. The molecule has 2 unspecified atom stereocenters. The average Bonchev–Trinajstić information content (AvgIpc) is 3.09. The lowest BCUT2D eigenvalue weighted by Crippen LogP contribution is -2.45. The molecule has 20 heavy (non-hydrogen) atoms. The first-order chi connectivity index (χ1) is 9.74. The van der Waals surface area contributed by atoms with Crippen molar-refractivity contribution in [3.63, 3.8) is 0 Å². The lowest BCUT2D eigenvalue weighted by atomic mass is 9.98. The van der Waals surface area contributed by atoms with E-state index in [0.29, 0.717) is 0 Å². The molecule has 3 heterocycles. The van der Waals surface area contributed by atoms with E-state index < -0.39 is 0 Å². The largest absolute Gasteiger partial charge is 0.472 e. The molecule has 1 aliphatic heterocycles. The Kier molecular flexibility index (Phi) is 4.19. The number of aromatic nitrogens is 1. The van der Waals surface area contributed by atoms with Gasteiger partial charge in [-0.15, -0.1) is 11.3 Å². The molecule has 108 valence electrons. The van der Waals surface area contributed by atoms with Gasteiger partial charge in [0.1, 0.15) is 11.3 Å². The highest BCUT2D eigenvalue weighted by molar-refractivity contribution is 7.13. The van der Waals surface area contributed by atoms with Crippen molar-refractivity contribution in [3.8, 4) is 10.6 Å². The van der Waals surface area contributed by atoms with E-state index in [1.54, 1.807) is 23.9 Å². The molecule has 4 nitrogen and oxygen atoms in total. The van der Waals surface area contributed by atoms with Crippen LogP contribution in [0.1, 0.15) is 31.9 Å². The average molecular weight is 292 g/mol. The predicted octanol–water partition coefficient (Wildman–Crippen LogP) is 3.14. The topological polar surface area (TPSA) is 49.5 Å². The van der Waals surface area contributed by atoms with Crippen molar-refractivity contribution in [1.29, 1.82) is 0 Å². The fourth-order valence-electron chi connectivity index (χ4n) is 2.87. The highest BCUT2D eigenvalue weighted by atomic mass is 32.1. The van der Waals surface area contributed by atoms with Crippen LogP contribution in [0, 0.1) is 0 Å². The number of nitrogens with zero attached hydrogens (tertiary/aromatic N) is 2. The molecule has 1 fully saturated rings. The summed E-state index contributed by atoms with van der Waals surface area (Å²) in [5.74, 6) is 0. The van der Waals surface area contributed by atoms with Crippen molar-refractivity contribution in [2.75, 3.05) is 6.54 Å². The Morgan fingerprint density at radius 1 is 1.55 bits per heavy atom. The molecule has 2 aromatic rings. The van der Waals surface area contributed by atoms with Crippen LogP contribution in [-0.4, -0.2) is 33.7 Å². The summed E-state index contributed by atoms with van der Waals surface area (Å²) < 4.78 is 5.10. The van der Waals surface area contributed by atoms with Gasteiger partial charge in [0.15, 0.2) is 0 Å². The molecule has 0 radical (unpaired) electrons. The Morgan fingerprint density at radius 3 is 3.20 bits per heavy atom. The first-order valence-corrected chi connectivity index (χ1v) is 8.01. The second kappa shape index (κ2) is 6.08. The van der Waals surface area contributed by atoms with Gasteiger partial charge in [-0.3, -0.25) is 4.90 Å². The zero-order chi connectivity index (χ0) is 13.9. The van der Waals surface area contributed by atoms with Crippen LogP contribution in [0.25, 0.3) is 10.6 Å². The van der Waals surface area contributed by atoms with Crippen LogP contribution in [-0.2, 0) is 6.54 Å². The van der Waals surface area contributed by atoms with Crippen LogP contribution in [0.5, 0.6) is 0 Å². The summed E-state index contributed by atoms with van der Waals surface area (Å²) >= 11 is 1.65. The van der Waals surface area contributed by atoms with E-state index in [1.165, 1.54) is 12.8 Å². The van der Waals surface area contributed by atoms with Crippen molar-refractivity contribution in [2.24, 2.45) is 0 Å². The van der Waals surface area contributed by atoms with E-state index in [0.717, 1.165) is 35.8 Å². The Morgan fingerprint density at radius 2 is 2.45 bits per heavy atom. The summed E-state index contributed by atoms with van der Waals surface area (Å²) in [7, 11) is 0. The number of hydrogen-bond donors (Lipinski definition) is 1. The van der Waals surface area contributed by atoms with E-state index in [9.17, 15) is 5.11 Å². The van der Waals surface area contributed by atoms with Gasteiger partial charge in [-0.1, -0.05) is 6.42 Å². The third-order valence-corrected chi connectivity index (χ3v) is 4.85. The lowest BCUT2D eigenvalue weighted by molar-refractivity contribution is 0.0311. The second-order valence-corrected chi connectivity index (χ2v) is 6.29. The molecule has 1 saturated heterocycles. The number of furan rings is 1. The quantitative estimate of drug-likeness (QED) is 0.940. The summed E-state index contributed by atoms with van der Waals surface area (Å²) in [5, 5.41) is 13.0. The highest BCUT2D eigenvalue weighted by Crippen LogP contribution is 2.26. The second-order valence-electron chi connectivity index (χ2n) is 5.43. The van der Waals surface area contributed by atoms with Crippen molar-refractivity contribution >= 4 is 11.3 Å². The molecule has 0 spiro atoms. The van der Waals surface area contributed by atoms with E-state index >= 15 is 0 Å². The van der Waals surface area contributed by atoms with Crippen LogP contribution < -0.4 is 0 Å². The van der Waals surface area contributed by atoms with Crippen molar-refractivity contribution in [3.05, 3.63) is 29.7 Å². The predicted molar refractivity (Wildman–Crippen MR) is 79.5 cm³/mol. The smallest absolute Gasteiger partial charge is 0.126 e. The molecular formula is C15H20N2O2S. The first-order valence-electron chi connectivity index (χ1n) is 7.13. The zero-order valence-electron chi connectivity index (χ0n) is 11.7. The monoisotopic (exact) mass is 292 g/mol. The summed E-state index contributed by atoms with van der Waals surface area (Å²) in [4.78, 5) is 7.04. The first kappa shape index (κ1) is 13.8. The minimum atomic E-state index is -0.276. The van der Waals surface area contributed by atoms with Gasteiger partial charge in [0.05, 0.1) is 18.1 Å². The van der Waals surface area contributed by atoms with Crippen molar-refractivity contribution in [2.45, 2.75) is 44.9 Å². The highest BCUT2D eigenvalue weighted by Gasteiger charge is 2.26. The van der Waals surface area contributed by atoms with Gasteiger partial charge in [0.2, 0.25) is 0 Å². The van der Waals surface area contributed by atoms with E-state index in [2.05, 4.69) is 15.3 Å².